The molecule has 0 spiro atoms. The molecular weight excluding hydrogens is 352 g/mol. The number of thiophene rings is 1. The second-order valence-electron chi connectivity index (χ2n) is 7.04. The molecule has 1 aromatic rings. The number of carbonyl (C=O) groups excluding carboxylic acids is 2. The molecule has 25 heavy (non-hydrogen) atoms. The maximum absolute atomic E-state index is 12.5. The van der Waals surface area contributed by atoms with E-state index >= 15 is 0 Å². The van der Waals surface area contributed by atoms with Gasteiger partial charge in [0.25, 0.3) is 0 Å². The van der Waals surface area contributed by atoms with Crippen LogP contribution in [0.15, 0.2) is 16.8 Å². The SMILES string of the molecule is CC(C)C(NC(=O)C1CCCCC1)C(=O)NCCSCc1ccsc1. The van der Waals surface area contributed by atoms with E-state index in [0.29, 0.717) is 6.54 Å². The summed E-state index contributed by atoms with van der Waals surface area (Å²) in [6.45, 7) is 4.60. The molecule has 1 atom stereocenters. The van der Waals surface area contributed by atoms with Crippen molar-refractivity contribution in [3.05, 3.63) is 22.4 Å². The van der Waals surface area contributed by atoms with Gasteiger partial charge in [0, 0.05) is 24.0 Å². The molecule has 1 unspecified atom stereocenters. The van der Waals surface area contributed by atoms with Gasteiger partial charge in [0.1, 0.15) is 6.04 Å². The number of rotatable bonds is 9. The first-order valence-electron chi connectivity index (χ1n) is 9.25. The smallest absolute Gasteiger partial charge is 0.242 e. The Balaban J connectivity index is 1.70. The lowest BCUT2D eigenvalue weighted by Crippen LogP contribution is -2.51. The van der Waals surface area contributed by atoms with E-state index in [2.05, 4.69) is 27.5 Å². The normalized spacial score (nSPS) is 16.6. The van der Waals surface area contributed by atoms with Crippen molar-refractivity contribution in [3.8, 4) is 0 Å². The minimum absolute atomic E-state index is 0.0559. The molecule has 0 radical (unpaired) electrons. The van der Waals surface area contributed by atoms with Crippen LogP contribution < -0.4 is 10.6 Å². The summed E-state index contributed by atoms with van der Waals surface area (Å²) in [5, 5.41) is 10.2. The monoisotopic (exact) mass is 382 g/mol. The molecule has 0 aromatic carbocycles. The molecule has 2 N–H and O–H groups in total. The van der Waals surface area contributed by atoms with E-state index in [1.165, 1.54) is 12.0 Å². The maximum atomic E-state index is 12.5. The fourth-order valence-electron chi connectivity index (χ4n) is 3.09. The van der Waals surface area contributed by atoms with Gasteiger partial charge in [-0.1, -0.05) is 33.1 Å². The molecule has 2 rings (SSSR count). The third-order valence-electron chi connectivity index (χ3n) is 4.62. The number of hydrogen-bond acceptors (Lipinski definition) is 4. The number of hydrogen-bond donors (Lipinski definition) is 2. The summed E-state index contributed by atoms with van der Waals surface area (Å²) >= 11 is 3.52. The fourth-order valence-corrected chi connectivity index (χ4v) is 4.67. The van der Waals surface area contributed by atoms with Crippen molar-refractivity contribution < 1.29 is 9.59 Å². The van der Waals surface area contributed by atoms with Gasteiger partial charge >= 0.3 is 0 Å². The highest BCUT2D eigenvalue weighted by Gasteiger charge is 2.28. The Morgan fingerprint density at radius 3 is 2.68 bits per heavy atom. The Hall–Kier alpha value is -1.01. The van der Waals surface area contributed by atoms with E-state index in [-0.39, 0.29) is 23.7 Å². The first-order chi connectivity index (χ1) is 12.1. The van der Waals surface area contributed by atoms with Gasteiger partial charge in [-0.3, -0.25) is 9.59 Å². The Bertz CT molecular complexity index is 526. The molecule has 0 bridgehead atoms. The van der Waals surface area contributed by atoms with Gasteiger partial charge in [0.05, 0.1) is 0 Å². The van der Waals surface area contributed by atoms with Crippen LogP contribution in [0.4, 0.5) is 0 Å². The van der Waals surface area contributed by atoms with Crippen LogP contribution in [0.2, 0.25) is 0 Å². The zero-order valence-corrected chi connectivity index (χ0v) is 16.9. The average Bonchev–Trinajstić information content (AvgIpc) is 3.13. The summed E-state index contributed by atoms with van der Waals surface area (Å²) in [5.41, 5.74) is 1.33. The third kappa shape index (κ3) is 7.02. The Kier molecular flexibility index (Phi) is 8.82. The van der Waals surface area contributed by atoms with Crippen LogP contribution in [0.25, 0.3) is 0 Å². The third-order valence-corrected chi connectivity index (χ3v) is 6.38. The van der Waals surface area contributed by atoms with Gasteiger partial charge < -0.3 is 10.6 Å². The molecule has 1 aliphatic rings. The number of thioether (sulfide) groups is 1. The first kappa shape index (κ1) is 20.3. The van der Waals surface area contributed by atoms with Crippen LogP contribution in [-0.4, -0.2) is 30.2 Å². The van der Waals surface area contributed by atoms with E-state index in [1.807, 2.05) is 25.6 Å². The molecule has 2 amide bonds. The summed E-state index contributed by atoms with van der Waals surface area (Å²) in [6.07, 6.45) is 5.38. The van der Waals surface area contributed by atoms with Crippen LogP contribution in [0.5, 0.6) is 0 Å². The zero-order valence-electron chi connectivity index (χ0n) is 15.3. The second kappa shape index (κ2) is 10.9. The molecule has 1 aromatic heterocycles. The summed E-state index contributed by atoms with van der Waals surface area (Å²) in [5.74, 6) is 2.03. The summed E-state index contributed by atoms with van der Waals surface area (Å²) in [6, 6.07) is 1.70. The van der Waals surface area contributed by atoms with Gasteiger partial charge in [0.15, 0.2) is 0 Å². The summed E-state index contributed by atoms with van der Waals surface area (Å²) in [4.78, 5) is 24.9. The van der Waals surface area contributed by atoms with Crippen LogP contribution in [-0.2, 0) is 15.3 Å². The van der Waals surface area contributed by atoms with Gasteiger partial charge in [0.2, 0.25) is 11.8 Å². The molecule has 1 saturated carbocycles. The lowest BCUT2D eigenvalue weighted by atomic mass is 9.88. The number of carbonyl (C=O) groups is 2. The largest absolute Gasteiger partial charge is 0.353 e. The van der Waals surface area contributed by atoms with Crippen molar-refractivity contribution in [2.75, 3.05) is 12.3 Å². The maximum Gasteiger partial charge on any atom is 0.242 e. The Morgan fingerprint density at radius 2 is 2.04 bits per heavy atom. The molecule has 0 saturated heterocycles. The molecule has 140 valence electrons. The van der Waals surface area contributed by atoms with Crippen molar-refractivity contribution in [3.63, 3.8) is 0 Å². The summed E-state index contributed by atoms with van der Waals surface area (Å²) < 4.78 is 0. The molecular formula is C19H30N2O2S2. The minimum Gasteiger partial charge on any atom is -0.353 e. The van der Waals surface area contributed by atoms with Crippen molar-refractivity contribution >= 4 is 34.9 Å². The Morgan fingerprint density at radius 1 is 1.28 bits per heavy atom. The summed E-state index contributed by atoms with van der Waals surface area (Å²) in [7, 11) is 0. The number of nitrogens with one attached hydrogen (secondary N) is 2. The highest BCUT2D eigenvalue weighted by Crippen LogP contribution is 2.24. The standard InChI is InChI=1S/C19H30N2O2S2/c1-14(2)17(21-18(22)16-6-4-3-5-7-16)19(23)20-9-11-25-13-15-8-10-24-12-15/h8,10,12,14,16-17H,3-7,9,11,13H2,1-2H3,(H,20,23)(H,21,22). The molecule has 1 aliphatic carbocycles. The van der Waals surface area contributed by atoms with E-state index < -0.39 is 6.04 Å². The van der Waals surface area contributed by atoms with Gasteiger partial charge in [-0.15, -0.1) is 0 Å². The number of amides is 2. The predicted octanol–water partition coefficient (Wildman–Crippen LogP) is 3.82. The predicted molar refractivity (Wildman–Crippen MR) is 107 cm³/mol. The molecule has 4 nitrogen and oxygen atoms in total. The van der Waals surface area contributed by atoms with Crippen LogP contribution in [0, 0.1) is 11.8 Å². The minimum atomic E-state index is -0.434. The van der Waals surface area contributed by atoms with Crippen LogP contribution in [0.1, 0.15) is 51.5 Å². The molecule has 1 heterocycles. The van der Waals surface area contributed by atoms with E-state index in [4.69, 9.17) is 0 Å². The van der Waals surface area contributed by atoms with Gasteiger partial charge in [-0.2, -0.15) is 23.1 Å². The van der Waals surface area contributed by atoms with Crippen molar-refractivity contribution in [1.82, 2.24) is 10.6 Å². The molecule has 1 fully saturated rings. The van der Waals surface area contributed by atoms with Crippen molar-refractivity contribution in [1.29, 1.82) is 0 Å². The topological polar surface area (TPSA) is 58.2 Å². The quantitative estimate of drug-likeness (QED) is 0.638. The van der Waals surface area contributed by atoms with E-state index in [0.717, 1.165) is 37.2 Å². The molecule has 6 heteroatoms. The van der Waals surface area contributed by atoms with Crippen molar-refractivity contribution in [2.24, 2.45) is 11.8 Å². The van der Waals surface area contributed by atoms with Crippen molar-refractivity contribution in [2.45, 2.75) is 57.7 Å². The van der Waals surface area contributed by atoms with Crippen LogP contribution >= 0.6 is 23.1 Å². The molecule has 0 aliphatic heterocycles. The Labute approximate surface area is 159 Å². The average molecular weight is 383 g/mol. The lowest BCUT2D eigenvalue weighted by Gasteiger charge is -2.26. The highest BCUT2D eigenvalue weighted by molar-refractivity contribution is 7.98. The van der Waals surface area contributed by atoms with Crippen LogP contribution in [0.3, 0.4) is 0 Å². The van der Waals surface area contributed by atoms with E-state index in [9.17, 15) is 9.59 Å². The van der Waals surface area contributed by atoms with Gasteiger partial charge in [-0.25, -0.2) is 0 Å². The lowest BCUT2D eigenvalue weighted by molar-refractivity contribution is -0.132. The van der Waals surface area contributed by atoms with Gasteiger partial charge in [-0.05, 0) is 41.1 Å². The highest BCUT2D eigenvalue weighted by atomic mass is 32.2. The first-order valence-corrected chi connectivity index (χ1v) is 11.3. The zero-order chi connectivity index (χ0) is 18.1. The second-order valence-corrected chi connectivity index (χ2v) is 8.93. The fraction of sp³-hybridized carbons (Fsp3) is 0.684. The van der Waals surface area contributed by atoms with E-state index in [1.54, 1.807) is 11.3 Å².